The van der Waals surface area contributed by atoms with Crippen LogP contribution in [0.1, 0.15) is 0 Å². The monoisotopic (exact) mass is 786 g/mol. The Kier molecular flexibility index (Phi) is 8.53. The van der Waals surface area contributed by atoms with Crippen molar-refractivity contribution < 1.29 is 0 Å². The minimum absolute atomic E-state index is 0.707. The van der Waals surface area contributed by atoms with Crippen LogP contribution in [0.4, 0.5) is 0 Å². The molecule has 0 fully saturated rings. The molecule has 0 saturated heterocycles. The first-order valence-electron chi connectivity index (χ1n) is 21.2. The Balaban J connectivity index is 0.877. The van der Waals surface area contributed by atoms with Crippen molar-refractivity contribution in [3.63, 3.8) is 0 Å². The lowest BCUT2D eigenvalue weighted by atomic mass is 9.91. The molecule has 1 aromatic heterocycles. The Bertz CT molecular complexity index is 3460. The van der Waals surface area contributed by atoms with Crippen molar-refractivity contribution in [1.29, 1.82) is 0 Å². The lowest BCUT2D eigenvalue weighted by Crippen LogP contribution is -1.96. The quantitative estimate of drug-likeness (QED) is 0.161. The molecule has 0 amide bonds. The van der Waals surface area contributed by atoms with E-state index in [2.05, 4.69) is 206 Å². The molecule has 0 bridgehead atoms. The zero-order chi connectivity index (χ0) is 41.0. The molecule has 1 aliphatic rings. The first-order chi connectivity index (χ1) is 30.7. The van der Waals surface area contributed by atoms with E-state index in [1.807, 2.05) is 24.3 Å². The zero-order valence-corrected chi connectivity index (χ0v) is 33.8. The molecule has 11 aromatic rings. The summed E-state index contributed by atoms with van der Waals surface area (Å²) in [5.74, 6) is 0.707. The minimum atomic E-state index is 0.707. The maximum atomic E-state index is 5.12. The molecule has 1 aliphatic carbocycles. The average Bonchev–Trinajstić information content (AvgIpc) is 3.68. The molecule has 0 unspecified atom stereocenters. The Morgan fingerprint density at radius 3 is 1.35 bits per heavy atom. The third kappa shape index (κ3) is 6.29. The Morgan fingerprint density at radius 1 is 0.226 bits per heavy atom. The highest BCUT2D eigenvalue weighted by atomic mass is 14.9. The van der Waals surface area contributed by atoms with Crippen molar-refractivity contribution in [2.75, 3.05) is 0 Å². The van der Waals surface area contributed by atoms with E-state index in [9.17, 15) is 0 Å². The minimum Gasteiger partial charge on any atom is -0.228 e. The smallest absolute Gasteiger partial charge is 0.160 e. The third-order valence-electron chi connectivity index (χ3n) is 12.5. The molecule has 0 radical (unpaired) electrons. The normalized spacial score (nSPS) is 11.5. The summed E-state index contributed by atoms with van der Waals surface area (Å²) in [4.78, 5) is 10.2. The van der Waals surface area contributed by atoms with E-state index in [1.165, 1.54) is 82.7 Å². The van der Waals surface area contributed by atoms with E-state index in [4.69, 9.17) is 9.97 Å². The summed E-state index contributed by atoms with van der Waals surface area (Å²) in [6.07, 6.45) is 0. The van der Waals surface area contributed by atoms with Crippen LogP contribution in [0.3, 0.4) is 0 Å². The highest BCUT2D eigenvalue weighted by Gasteiger charge is 2.21. The molecule has 0 saturated carbocycles. The van der Waals surface area contributed by atoms with E-state index in [0.717, 1.165) is 33.6 Å². The number of fused-ring (bicyclic) bond motifs is 4. The predicted octanol–water partition coefficient (Wildman–Crippen LogP) is 16.1. The van der Waals surface area contributed by atoms with Crippen LogP contribution in [0.25, 0.3) is 122 Å². The molecule has 1 heterocycles. The van der Waals surface area contributed by atoms with Crippen molar-refractivity contribution in [1.82, 2.24) is 9.97 Å². The van der Waals surface area contributed by atoms with Crippen molar-refractivity contribution in [2.24, 2.45) is 0 Å². The van der Waals surface area contributed by atoms with Gasteiger partial charge in [-0.3, -0.25) is 0 Å². The molecule has 0 N–H and O–H groups in total. The highest BCUT2D eigenvalue weighted by Crippen LogP contribution is 2.48. The van der Waals surface area contributed by atoms with Gasteiger partial charge in [-0.15, -0.1) is 0 Å². The van der Waals surface area contributed by atoms with Gasteiger partial charge in [0, 0.05) is 16.7 Å². The fourth-order valence-electron chi connectivity index (χ4n) is 9.29. The molecule has 62 heavy (non-hydrogen) atoms. The molecule has 10 aromatic carbocycles. The molecule has 0 aliphatic heterocycles. The van der Waals surface area contributed by atoms with Crippen molar-refractivity contribution >= 4 is 21.5 Å². The fraction of sp³-hybridized carbons (Fsp3) is 0. The van der Waals surface area contributed by atoms with Gasteiger partial charge in [0.2, 0.25) is 0 Å². The van der Waals surface area contributed by atoms with Gasteiger partial charge in [0.15, 0.2) is 5.82 Å². The maximum Gasteiger partial charge on any atom is 0.160 e. The van der Waals surface area contributed by atoms with Gasteiger partial charge in [0.05, 0.1) is 11.4 Å². The van der Waals surface area contributed by atoms with Crippen LogP contribution in [-0.2, 0) is 0 Å². The van der Waals surface area contributed by atoms with Crippen LogP contribution in [0.2, 0.25) is 0 Å². The largest absolute Gasteiger partial charge is 0.228 e. The SMILES string of the molecule is c1ccc(-c2ccc(-c3cc(-c4ccc(-c5cc(-c6ccc(-c7ccc8c(c7)-c7cccc9cccc-8c79)cc6)cc6ccccc56)cc4)nc(-c4ccccc4)n3)cc2)cc1. The van der Waals surface area contributed by atoms with Gasteiger partial charge in [-0.1, -0.05) is 206 Å². The zero-order valence-electron chi connectivity index (χ0n) is 33.8. The first kappa shape index (κ1) is 35.7. The number of benzene rings is 10. The first-order valence-corrected chi connectivity index (χ1v) is 21.2. The summed E-state index contributed by atoms with van der Waals surface area (Å²) in [7, 11) is 0. The lowest BCUT2D eigenvalue weighted by Gasteiger charge is -2.13. The molecule has 288 valence electrons. The summed E-state index contributed by atoms with van der Waals surface area (Å²) in [5, 5.41) is 5.10. The van der Waals surface area contributed by atoms with Crippen LogP contribution in [0, 0.1) is 0 Å². The second kappa shape index (κ2) is 14.8. The number of rotatable bonds is 7. The summed E-state index contributed by atoms with van der Waals surface area (Å²) < 4.78 is 0. The highest BCUT2D eigenvalue weighted by molar-refractivity contribution is 6.15. The topological polar surface area (TPSA) is 25.8 Å². The second-order valence-electron chi connectivity index (χ2n) is 16.1. The van der Waals surface area contributed by atoms with Crippen molar-refractivity contribution in [3.05, 3.63) is 231 Å². The Hall–Kier alpha value is -8.20. The standard InChI is InChI=1S/C60H38N2/c1-3-11-39(12-4-1)40-25-29-44(30-26-40)57-38-58(62-60(61-57)47-13-5-2-6-14-47)45-31-27-43(28-32-45)55-37-50(35-49-15-7-8-18-51(49)55)42-23-21-41(22-24-42)48-33-34-52-53-19-9-16-46-17-10-20-54(59(46)53)56(52)36-48/h1-38H. The molecule has 2 nitrogen and oxygen atoms in total. The van der Waals surface area contributed by atoms with E-state index in [0.29, 0.717) is 5.82 Å². The summed E-state index contributed by atoms with van der Waals surface area (Å²) in [6, 6.07) is 83.0. The maximum absolute atomic E-state index is 5.12. The Labute approximate surface area is 361 Å². The number of hydrogen-bond donors (Lipinski definition) is 0. The van der Waals surface area contributed by atoms with Crippen LogP contribution in [0.5, 0.6) is 0 Å². The average molecular weight is 787 g/mol. The van der Waals surface area contributed by atoms with Crippen molar-refractivity contribution in [2.45, 2.75) is 0 Å². The van der Waals surface area contributed by atoms with Crippen LogP contribution in [-0.4, -0.2) is 9.97 Å². The van der Waals surface area contributed by atoms with E-state index < -0.39 is 0 Å². The van der Waals surface area contributed by atoms with Crippen LogP contribution < -0.4 is 0 Å². The lowest BCUT2D eigenvalue weighted by molar-refractivity contribution is 1.18. The van der Waals surface area contributed by atoms with Gasteiger partial charge >= 0.3 is 0 Å². The second-order valence-corrected chi connectivity index (χ2v) is 16.1. The molecular formula is C60H38N2. The van der Waals surface area contributed by atoms with Crippen LogP contribution >= 0.6 is 0 Å². The summed E-state index contributed by atoms with van der Waals surface area (Å²) in [5.41, 5.74) is 19.7. The number of hydrogen-bond acceptors (Lipinski definition) is 2. The fourth-order valence-corrected chi connectivity index (χ4v) is 9.29. The summed E-state index contributed by atoms with van der Waals surface area (Å²) >= 11 is 0. The molecule has 0 atom stereocenters. The van der Waals surface area contributed by atoms with Crippen molar-refractivity contribution in [3.8, 4) is 101 Å². The molecular weight excluding hydrogens is 749 g/mol. The van der Waals surface area contributed by atoms with Crippen LogP contribution in [0.15, 0.2) is 231 Å². The van der Waals surface area contributed by atoms with Gasteiger partial charge in [-0.05, 0) is 113 Å². The van der Waals surface area contributed by atoms with Gasteiger partial charge < -0.3 is 0 Å². The van der Waals surface area contributed by atoms with Gasteiger partial charge in [0.25, 0.3) is 0 Å². The van der Waals surface area contributed by atoms with E-state index in [-0.39, 0.29) is 0 Å². The molecule has 12 rings (SSSR count). The predicted molar refractivity (Wildman–Crippen MR) is 260 cm³/mol. The van der Waals surface area contributed by atoms with Gasteiger partial charge in [0.1, 0.15) is 0 Å². The molecule has 2 heteroatoms. The van der Waals surface area contributed by atoms with E-state index in [1.54, 1.807) is 0 Å². The number of nitrogens with zero attached hydrogens (tertiary/aromatic N) is 2. The van der Waals surface area contributed by atoms with Gasteiger partial charge in [-0.25, -0.2) is 9.97 Å². The Morgan fingerprint density at radius 2 is 0.694 bits per heavy atom. The third-order valence-corrected chi connectivity index (χ3v) is 12.5. The van der Waals surface area contributed by atoms with E-state index >= 15 is 0 Å². The molecule has 0 spiro atoms. The number of aromatic nitrogens is 2. The summed E-state index contributed by atoms with van der Waals surface area (Å²) in [6.45, 7) is 0. The van der Waals surface area contributed by atoms with Gasteiger partial charge in [-0.2, -0.15) is 0 Å².